The zero-order valence-electron chi connectivity index (χ0n) is 18.3. The predicted molar refractivity (Wildman–Crippen MR) is 129 cm³/mol. The minimum atomic E-state index is -3.72. The van der Waals surface area contributed by atoms with E-state index in [4.69, 9.17) is 4.74 Å². The van der Waals surface area contributed by atoms with Crippen LogP contribution in [-0.4, -0.2) is 18.8 Å². The Morgan fingerprint density at radius 2 is 1.47 bits per heavy atom. The molecular weight excluding hydrogens is 418 g/mol. The molecule has 0 N–H and O–H groups in total. The van der Waals surface area contributed by atoms with E-state index in [0.29, 0.717) is 17.1 Å². The van der Waals surface area contributed by atoms with Crippen molar-refractivity contribution in [1.82, 2.24) is 4.31 Å². The maximum Gasteiger partial charge on any atom is 0.244 e. The van der Waals surface area contributed by atoms with Crippen molar-refractivity contribution in [3.63, 3.8) is 0 Å². The summed E-state index contributed by atoms with van der Waals surface area (Å²) in [6, 6.07) is 30.0. The van der Waals surface area contributed by atoms with E-state index < -0.39 is 10.0 Å². The average Bonchev–Trinajstić information content (AvgIpc) is 2.82. The van der Waals surface area contributed by atoms with Crippen molar-refractivity contribution in [2.45, 2.75) is 37.8 Å². The van der Waals surface area contributed by atoms with Gasteiger partial charge >= 0.3 is 0 Å². The van der Waals surface area contributed by atoms with E-state index in [1.807, 2.05) is 98.8 Å². The number of benzene rings is 4. The van der Waals surface area contributed by atoms with E-state index in [2.05, 4.69) is 0 Å². The van der Waals surface area contributed by atoms with E-state index in [1.165, 1.54) is 0 Å². The molecule has 0 saturated carbocycles. The molecule has 1 atom stereocenters. The van der Waals surface area contributed by atoms with Crippen molar-refractivity contribution in [3.8, 4) is 11.5 Å². The van der Waals surface area contributed by atoms with Gasteiger partial charge in [0.25, 0.3) is 0 Å². The fourth-order valence-corrected chi connectivity index (χ4v) is 5.65. The lowest BCUT2D eigenvalue weighted by Crippen LogP contribution is -2.37. The quantitative estimate of drug-likeness (QED) is 0.306. The highest BCUT2D eigenvalue weighted by Crippen LogP contribution is 2.30. The molecule has 0 heterocycles. The minimum Gasteiger partial charge on any atom is -0.457 e. The highest BCUT2D eigenvalue weighted by molar-refractivity contribution is 7.89. The van der Waals surface area contributed by atoms with E-state index in [1.54, 1.807) is 16.4 Å². The van der Waals surface area contributed by atoms with Crippen molar-refractivity contribution < 1.29 is 13.2 Å². The standard InChI is InChI=1S/C27H27NO3S/c1-3-21(2)28(32(29,30)27-18-10-13-23-12-7-8-17-26(23)27)20-22-11-9-16-25(19-22)31-24-14-5-4-6-15-24/h4-19,21H,3,20H2,1-2H3. The van der Waals surface area contributed by atoms with Crippen LogP contribution in [0.1, 0.15) is 25.8 Å². The summed E-state index contributed by atoms with van der Waals surface area (Å²) in [5.41, 5.74) is 0.877. The van der Waals surface area contributed by atoms with Crippen LogP contribution in [-0.2, 0) is 16.6 Å². The van der Waals surface area contributed by atoms with Gasteiger partial charge in [-0.1, -0.05) is 73.7 Å². The molecular formula is C27H27NO3S. The minimum absolute atomic E-state index is 0.155. The van der Waals surface area contributed by atoms with Crippen LogP contribution in [0.4, 0.5) is 0 Å². The Morgan fingerprint density at radius 3 is 2.25 bits per heavy atom. The molecule has 5 heteroatoms. The molecule has 0 radical (unpaired) electrons. The first-order valence-corrected chi connectivity index (χ1v) is 12.2. The highest BCUT2D eigenvalue weighted by atomic mass is 32.2. The van der Waals surface area contributed by atoms with Gasteiger partial charge in [0.2, 0.25) is 10.0 Å². The Labute approximate surface area is 190 Å². The molecule has 164 valence electrons. The summed E-state index contributed by atoms with van der Waals surface area (Å²) in [6.45, 7) is 4.23. The smallest absolute Gasteiger partial charge is 0.244 e. The van der Waals surface area contributed by atoms with E-state index in [-0.39, 0.29) is 12.6 Å². The van der Waals surface area contributed by atoms with Crippen LogP contribution in [0.25, 0.3) is 10.8 Å². The second-order valence-electron chi connectivity index (χ2n) is 7.85. The molecule has 1 unspecified atom stereocenters. The number of sulfonamides is 1. The van der Waals surface area contributed by atoms with Crippen LogP contribution >= 0.6 is 0 Å². The largest absolute Gasteiger partial charge is 0.457 e. The van der Waals surface area contributed by atoms with Crippen LogP contribution in [0.5, 0.6) is 11.5 Å². The fourth-order valence-electron chi connectivity index (χ4n) is 3.74. The molecule has 4 nitrogen and oxygen atoms in total. The summed E-state index contributed by atoms with van der Waals surface area (Å²) in [5, 5.41) is 1.65. The third-order valence-corrected chi connectivity index (χ3v) is 7.65. The monoisotopic (exact) mass is 445 g/mol. The van der Waals surface area contributed by atoms with E-state index in [9.17, 15) is 8.42 Å². The van der Waals surface area contributed by atoms with Crippen molar-refractivity contribution in [2.24, 2.45) is 0 Å². The second kappa shape index (κ2) is 9.55. The van der Waals surface area contributed by atoms with Crippen molar-refractivity contribution in [3.05, 3.63) is 103 Å². The number of ether oxygens (including phenoxy) is 1. The SMILES string of the molecule is CCC(C)N(Cc1cccc(Oc2ccccc2)c1)S(=O)(=O)c1cccc2ccccc12. The molecule has 0 spiro atoms. The summed E-state index contributed by atoms with van der Waals surface area (Å²) in [5.74, 6) is 1.42. The third-order valence-electron chi connectivity index (χ3n) is 5.63. The third kappa shape index (κ3) is 4.69. The molecule has 0 amide bonds. The van der Waals surface area contributed by atoms with Gasteiger partial charge in [-0.05, 0) is 54.6 Å². The van der Waals surface area contributed by atoms with Gasteiger partial charge in [0.15, 0.2) is 0 Å². The Morgan fingerprint density at radius 1 is 0.812 bits per heavy atom. The number of para-hydroxylation sites is 1. The van der Waals surface area contributed by atoms with Gasteiger partial charge in [-0.15, -0.1) is 0 Å². The lowest BCUT2D eigenvalue weighted by molar-refractivity contribution is 0.323. The van der Waals surface area contributed by atoms with Gasteiger partial charge in [0.05, 0.1) is 4.90 Å². The summed E-state index contributed by atoms with van der Waals surface area (Å²) in [7, 11) is -3.72. The van der Waals surface area contributed by atoms with Gasteiger partial charge in [0, 0.05) is 18.0 Å². The summed E-state index contributed by atoms with van der Waals surface area (Å²) < 4.78 is 35.2. The number of hydrogen-bond donors (Lipinski definition) is 0. The lowest BCUT2D eigenvalue weighted by Gasteiger charge is -2.28. The Bertz CT molecular complexity index is 1300. The number of rotatable bonds is 8. The number of fused-ring (bicyclic) bond motifs is 1. The predicted octanol–water partition coefficient (Wildman–Crippen LogP) is 6.62. The Kier molecular flexibility index (Phi) is 6.58. The summed E-state index contributed by atoms with van der Waals surface area (Å²) >= 11 is 0. The lowest BCUT2D eigenvalue weighted by atomic mass is 10.1. The second-order valence-corrected chi connectivity index (χ2v) is 9.71. The highest BCUT2D eigenvalue weighted by Gasteiger charge is 2.30. The molecule has 0 aliphatic carbocycles. The molecule has 4 aromatic carbocycles. The first kappa shape index (κ1) is 22.1. The van der Waals surface area contributed by atoms with Crippen molar-refractivity contribution in [1.29, 1.82) is 0 Å². The first-order valence-electron chi connectivity index (χ1n) is 10.8. The molecule has 0 aromatic heterocycles. The Balaban J connectivity index is 1.68. The number of hydrogen-bond acceptors (Lipinski definition) is 3. The zero-order valence-corrected chi connectivity index (χ0v) is 19.1. The molecule has 4 aromatic rings. The van der Waals surface area contributed by atoms with Gasteiger partial charge in [-0.25, -0.2) is 8.42 Å². The summed E-state index contributed by atoms with van der Waals surface area (Å²) in [6.07, 6.45) is 0.713. The summed E-state index contributed by atoms with van der Waals surface area (Å²) in [4.78, 5) is 0.340. The van der Waals surface area contributed by atoms with Gasteiger partial charge in [-0.3, -0.25) is 0 Å². The molecule has 0 bridgehead atoms. The average molecular weight is 446 g/mol. The van der Waals surface area contributed by atoms with Crippen molar-refractivity contribution in [2.75, 3.05) is 0 Å². The van der Waals surface area contributed by atoms with E-state index >= 15 is 0 Å². The van der Waals surface area contributed by atoms with Crippen molar-refractivity contribution >= 4 is 20.8 Å². The molecule has 0 fully saturated rings. The van der Waals surface area contributed by atoms with Crippen LogP contribution in [0, 0.1) is 0 Å². The Hall–Kier alpha value is -3.15. The van der Waals surface area contributed by atoms with Gasteiger partial charge in [-0.2, -0.15) is 4.31 Å². The van der Waals surface area contributed by atoms with Gasteiger partial charge in [0.1, 0.15) is 11.5 Å². The van der Waals surface area contributed by atoms with Crippen LogP contribution < -0.4 is 4.74 Å². The first-order chi connectivity index (χ1) is 15.5. The topological polar surface area (TPSA) is 46.6 Å². The van der Waals surface area contributed by atoms with Crippen LogP contribution in [0.2, 0.25) is 0 Å². The maximum atomic E-state index is 13.8. The fraction of sp³-hybridized carbons (Fsp3) is 0.185. The molecule has 0 aliphatic heterocycles. The number of nitrogens with zero attached hydrogens (tertiary/aromatic N) is 1. The maximum absolute atomic E-state index is 13.8. The van der Waals surface area contributed by atoms with Crippen LogP contribution in [0.15, 0.2) is 102 Å². The van der Waals surface area contributed by atoms with Crippen LogP contribution in [0.3, 0.4) is 0 Å². The normalized spacial score (nSPS) is 12.7. The van der Waals surface area contributed by atoms with Gasteiger partial charge < -0.3 is 4.74 Å². The molecule has 0 saturated heterocycles. The van der Waals surface area contributed by atoms with E-state index in [0.717, 1.165) is 22.1 Å². The molecule has 32 heavy (non-hydrogen) atoms. The zero-order chi connectivity index (χ0) is 22.6. The molecule has 0 aliphatic rings. The molecule has 4 rings (SSSR count).